The molecule has 1 N–H and O–H groups in total. The van der Waals surface area contributed by atoms with Gasteiger partial charge in [0.1, 0.15) is 11.4 Å². The number of hydrogen-bond acceptors (Lipinski definition) is 4. The molecule has 2 heterocycles. The van der Waals surface area contributed by atoms with Crippen molar-refractivity contribution in [3.8, 4) is 0 Å². The Labute approximate surface area is 162 Å². The normalized spacial score (nSPS) is 16.3. The third kappa shape index (κ3) is 3.41. The summed E-state index contributed by atoms with van der Waals surface area (Å²) in [5.41, 5.74) is 3.96. The molecular formula is C21H23N3O2S. The molecule has 140 valence electrons. The van der Waals surface area contributed by atoms with E-state index in [4.69, 9.17) is 0 Å². The van der Waals surface area contributed by atoms with Crippen LogP contribution in [0.1, 0.15) is 34.9 Å². The molecule has 27 heavy (non-hydrogen) atoms. The van der Waals surface area contributed by atoms with Crippen molar-refractivity contribution in [1.82, 2.24) is 9.55 Å². The molecule has 0 fully saturated rings. The number of aryl methyl sites for hydroxylation is 3. The molecule has 4 rings (SSSR count). The van der Waals surface area contributed by atoms with Gasteiger partial charge in [0, 0.05) is 10.6 Å². The average Bonchev–Trinajstić information content (AvgIpc) is 2.98. The number of rotatable bonds is 3. The molecule has 3 aromatic rings. The molecule has 0 aliphatic heterocycles. The summed E-state index contributed by atoms with van der Waals surface area (Å²) in [6.45, 7) is 6.19. The molecule has 1 aromatic carbocycles. The number of nitrogens with zero attached hydrogens (tertiary/aromatic N) is 2. The SMILES string of the molecule is Cc1ccc(NC(=O)Cn2cnc3sc4c(c3c2=O)CC[C@H](C)C4)c(C)c1. The molecule has 0 spiro atoms. The first kappa shape index (κ1) is 17.9. The lowest BCUT2D eigenvalue weighted by Gasteiger charge is -2.17. The number of fused-ring (bicyclic) bond motifs is 3. The quantitative estimate of drug-likeness (QED) is 0.750. The first-order valence-corrected chi connectivity index (χ1v) is 10.1. The van der Waals surface area contributed by atoms with Gasteiger partial charge in [-0.05, 0) is 56.2 Å². The monoisotopic (exact) mass is 381 g/mol. The van der Waals surface area contributed by atoms with Gasteiger partial charge in [-0.25, -0.2) is 4.98 Å². The number of benzene rings is 1. The fourth-order valence-corrected chi connectivity index (χ4v) is 5.12. The Bertz CT molecular complexity index is 1100. The summed E-state index contributed by atoms with van der Waals surface area (Å²) in [5, 5.41) is 3.61. The zero-order valence-electron chi connectivity index (χ0n) is 15.8. The molecule has 0 bridgehead atoms. The van der Waals surface area contributed by atoms with Crippen molar-refractivity contribution in [1.29, 1.82) is 0 Å². The molecule has 0 unspecified atom stereocenters. The number of aromatic nitrogens is 2. The number of amides is 1. The third-order valence-electron chi connectivity index (χ3n) is 5.25. The molecule has 1 aliphatic rings. The highest BCUT2D eigenvalue weighted by molar-refractivity contribution is 7.18. The topological polar surface area (TPSA) is 64.0 Å². The second-order valence-corrected chi connectivity index (χ2v) is 8.66. The van der Waals surface area contributed by atoms with Gasteiger partial charge in [-0.15, -0.1) is 11.3 Å². The van der Waals surface area contributed by atoms with Crippen LogP contribution < -0.4 is 10.9 Å². The van der Waals surface area contributed by atoms with Gasteiger partial charge in [-0.1, -0.05) is 24.6 Å². The van der Waals surface area contributed by atoms with Crippen LogP contribution in [0.25, 0.3) is 10.2 Å². The van der Waals surface area contributed by atoms with Crippen molar-refractivity contribution in [3.05, 3.63) is 56.4 Å². The minimum absolute atomic E-state index is 0.0316. The summed E-state index contributed by atoms with van der Waals surface area (Å²) in [6.07, 6.45) is 4.53. The lowest BCUT2D eigenvalue weighted by atomic mass is 9.89. The summed E-state index contributed by atoms with van der Waals surface area (Å²) in [5.74, 6) is 0.430. The van der Waals surface area contributed by atoms with Crippen molar-refractivity contribution in [2.75, 3.05) is 5.32 Å². The lowest BCUT2D eigenvalue weighted by Crippen LogP contribution is -2.28. The summed E-state index contributed by atoms with van der Waals surface area (Å²) < 4.78 is 1.42. The smallest absolute Gasteiger partial charge is 0.262 e. The molecule has 5 nitrogen and oxygen atoms in total. The number of hydrogen-bond donors (Lipinski definition) is 1. The molecule has 1 atom stereocenters. The first-order chi connectivity index (χ1) is 12.9. The standard InChI is InChI=1S/C21H23N3O2S/c1-12-5-7-16(14(3)8-12)23-18(25)10-24-11-22-20-19(21(24)26)15-6-4-13(2)9-17(15)27-20/h5,7-8,11,13H,4,6,9-10H2,1-3H3,(H,23,25)/t13-/m0/s1. The fraction of sp³-hybridized carbons (Fsp3) is 0.381. The van der Waals surface area contributed by atoms with Gasteiger partial charge in [0.05, 0.1) is 11.7 Å². The largest absolute Gasteiger partial charge is 0.324 e. The van der Waals surface area contributed by atoms with Gasteiger partial charge < -0.3 is 5.32 Å². The van der Waals surface area contributed by atoms with Gasteiger partial charge in [0.15, 0.2) is 0 Å². The van der Waals surface area contributed by atoms with Gasteiger partial charge in [0.25, 0.3) is 5.56 Å². The maximum absolute atomic E-state index is 13.0. The Morgan fingerprint density at radius 2 is 2.19 bits per heavy atom. The maximum Gasteiger partial charge on any atom is 0.262 e. The predicted octanol–water partition coefficient (Wildman–Crippen LogP) is 3.84. The molecule has 0 radical (unpaired) electrons. The van der Waals surface area contributed by atoms with Crippen LogP contribution in [0.2, 0.25) is 0 Å². The van der Waals surface area contributed by atoms with Crippen LogP contribution in [0.15, 0.2) is 29.3 Å². The van der Waals surface area contributed by atoms with Gasteiger partial charge in [-0.3, -0.25) is 14.2 Å². The van der Waals surface area contributed by atoms with E-state index in [1.165, 1.54) is 15.8 Å². The van der Waals surface area contributed by atoms with Crippen LogP contribution in [0, 0.1) is 19.8 Å². The second-order valence-electron chi connectivity index (χ2n) is 7.58. The molecule has 1 amide bonds. The fourth-order valence-electron chi connectivity index (χ4n) is 3.78. The summed E-state index contributed by atoms with van der Waals surface area (Å²) >= 11 is 1.63. The highest BCUT2D eigenvalue weighted by Crippen LogP contribution is 2.35. The summed E-state index contributed by atoms with van der Waals surface area (Å²) in [7, 11) is 0. The van der Waals surface area contributed by atoms with Crippen LogP contribution in [0.3, 0.4) is 0 Å². The Kier molecular flexibility index (Phi) is 4.60. The van der Waals surface area contributed by atoms with Crippen molar-refractivity contribution in [3.63, 3.8) is 0 Å². The minimum atomic E-state index is -0.220. The molecule has 1 aliphatic carbocycles. The van der Waals surface area contributed by atoms with Crippen molar-refractivity contribution in [2.45, 2.75) is 46.6 Å². The third-order valence-corrected chi connectivity index (χ3v) is 6.41. The van der Waals surface area contributed by atoms with E-state index < -0.39 is 0 Å². The molecule has 6 heteroatoms. The summed E-state index contributed by atoms with van der Waals surface area (Å²) in [4.78, 5) is 32.0. The summed E-state index contributed by atoms with van der Waals surface area (Å²) in [6, 6.07) is 5.87. The molecule has 2 aromatic heterocycles. The van der Waals surface area contributed by atoms with Crippen LogP contribution in [0.4, 0.5) is 5.69 Å². The van der Waals surface area contributed by atoms with E-state index in [2.05, 4.69) is 17.2 Å². The average molecular weight is 382 g/mol. The van der Waals surface area contributed by atoms with Gasteiger partial charge in [0.2, 0.25) is 5.91 Å². The van der Waals surface area contributed by atoms with Crippen molar-refractivity contribution < 1.29 is 4.79 Å². The van der Waals surface area contributed by atoms with E-state index in [1.54, 1.807) is 11.3 Å². The molecule has 0 saturated carbocycles. The Morgan fingerprint density at radius 1 is 1.37 bits per heavy atom. The van der Waals surface area contributed by atoms with Crippen molar-refractivity contribution in [2.24, 2.45) is 5.92 Å². The van der Waals surface area contributed by atoms with Crippen LogP contribution >= 0.6 is 11.3 Å². The Morgan fingerprint density at radius 3 is 2.96 bits per heavy atom. The van der Waals surface area contributed by atoms with Gasteiger partial charge in [-0.2, -0.15) is 0 Å². The van der Waals surface area contributed by atoms with E-state index in [9.17, 15) is 9.59 Å². The van der Waals surface area contributed by atoms with Crippen LogP contribution in [-0.4, -0.2) is 15.5 Å². The zero-order valence-corrected chi connectivity index (χ0v) is 16.7. The number of carbonyl (C=O) groups is 1. The Hall–Kier alpha value is -2.47. The van der Waals surface area contributed by atoms with Crippen molar-refractivity contribution >= 4 is 33.1 Å². The van der Waals surface area contributed by atoms with Gasteiger partial charge >= 0.3 is 0 Å². The predicted molar refractivity (Wildman–Crippen MR) is 110 cm³/mol. The number of anilines is 1. The highest BCUT2D eigenvalue weighted by atomic mass is 32.1. The van der Waals surface area contributed by atoms with E-state index in [1.807, 2.05) is 32.0 Å². The Balaban J connectivity index is 1.61. The van der Waals surface area contributed by atoms with E-state index in [0.29, 0.717) is 11.3 Å². The van der Waals surface area contributed by atoms with E-state index in [0.717, 1.165) is 46.5 Å². The maximum atomic E-state index is 13.0. The first-order valence-electron chi connectivity index (χ1n) is 9.29. The zero-order chi connectivity index (χ0) is 19.1. The second kappa shape index (κ2) is 6.93. The van der Waals surface area contributed by atoms with Crippen LogP contribution in [0.5, 0.6) is 0 Å². The highest BCUT2D eigenvalue weighted by Gasteiger charge is 2.23. The van der Waals surface area contributed by atoms with Crippen LogP contribution in [-0.2, 0) is 24.2 Å². The number of thiophene rings is 1. The lowest BCUT2D eigenvalue weighted by molar-refractivity contribution is -0.116. The number of nitrogens with one attached hydrogen (secondary N) is 1. The van der Waals surface area contributed by atoms with E-state index >= 15 is 0 Å². The molecular weight excluding hydrogens is 358 g/mol. The minimum Gasteiger partial charge on any atom is -0.324 e. The van der Waals surface area contributed by atoms with E-state index in [-0.39, 0.29) is 18.0 Å². The number of carbonyl (C=O) groups excluding carboxylic acids is 1. The molecule has 0 saturated heterocycles.